The summed E-state index contributed by atoms with van der Waals surface area (Å²) >= 11 is 5.86. The molecule has 0 aliphatic heterocycles. The zero-order valence-corrected chi connectivity index (χ0v) is 9.95. The number of hydrogen-bond acceptors (Lipinski definition) is 3. The zero-order chi connectivity index (χ0) is 12.4. The van der Waals surface area contributed by atoms with Crippen molar-refractivity contribution < 1.29 is 5.11 Å². The fourth-order valence-electron chi connectivity index (χ4n) is 1.49. The molecule has 0 amide bonds. The van der Waals surface area contributed by atoms with E-state index in [1.165, 1.54) is 6.92 Å². The Bertz CT molecular complexity index is 608. The molecule has 5 heteroatoms. The van der Waals surface area contributed by atoms with Crippen molar-refractivity contribution in [3.8, 4) is 5.88 Å². The molecule has 0 saturated heterocycles. The number of H-pyrrole nitrogens is 1. The molecule has 0 saturated carbocycles. The first kappa shape index (κ1) is 11.7. The number of aromatic hydroxyl groups is 1. The van der Waals surface area contributed by atoms with Crippen LogP contribution in [-0.2, 0) is 6.42 Å². The van der Waals surface area contributed by atoms with Crippen LogP contribution in [0.4, 0.5) is 0 Å². The van der Waals surface area contributed by atoms with Gasteiger partial charge in [-0.2, -0.15) is 4.98 Å². The predicted molar refractivity (Wildman–Crippen MR) is 65.5 cm³/mol. The SMILES string of the molecule is Cc1c(O)nc(Cc2cccc(Cl)c2)[nH]c1=O. The van der Waals surface area contributed by atoms with E-state index in [2.05, 4.69) is 9.97 Å². The maximum Gasteiger partial charge on any atom is 0.257 e. The topological polar surface area (TPSA) is 66.0 Å². The minimum Gasteiger partial charge on any atom is -0.493 e. The molecular weight excluding hydrogens is 240 g/mol. The van der Waals surface area contributed by atoms with Crippen LogP contribution in [0.2, 0.25) is 5.02 Å². The first-order chi connectivity index (χ1) is 8.06. The Morgan fingerprint density at radius 1 is 1.47 bits per heavy atom. The van der Waals surface area contributed by atoms with E-state index in [4.69, 9.17) is 11.6 Å². The van der Waals surface area contributed by atoms with E-state index in [1.807, 2.05) is 12.1 Å². The van der Waals surface area contributed by atoms with Crippen LogP contribution in [-0.4, -0.2) is 15.1 Å². The average molecular weight is 251 g/mol. The first-order valence-corrected chi connectivity index (χ1v) is 5.47. The summed E-state index contributed by atoms with van der Waals surface area (Å²) < 4.78 is 0. The van der Waals surface area contributed by atoms with Gasteiger partial charge in [0.05, 0.1) is 5.56 Å². The van der Waals surface area contributed by atoms with Crippen LogP contribution in [0.15, 0.2) is 29.1 Å². The minimum atomic E-state index is -0.325. The molecule has 2 rings (SSSR count). The van der Waals surface area contributed by atoms with Crippen LogP contribution in [0, 0.1) is 6.92 Å². The highest BCUT2D eigenvalue weighted by Gasteiger charge is 2.06. The van der Waals surface area contributed by atoms with Gasteiger partial charge in [-0.1, -0.05) is 23.7 Å². The molecule has 2 aromatic rings. The number of nitrogens with zero attached hydrogens (tertiary/aromatic N) is 1. The molecule has 0 aliphatic carbocycles. The summed E-state index contributed by atoms with van der Waals surface area (Å²) in [5.74, 6) is 0.186. The third-order valence-electron chi connectivity index (χ3n) is 2.44. The van der Waals surface area contributed by atoms with Crippen molar-refractivity contribution in [2.75, 3.05) is 0 Å². The van der Waals surface area contributed by atoms with Gasteiger partial charge in [-0.15, -0.1) is 0 Å². The lowest BCUT2D eigenvalue weighted by Gasteiger charge is -2.03. The molecule has 2 N–H and O–H groups in total. The fourth-order valence-corrected chi connectivity index (χ4v) is 1.70. The summed E-state index contributed by atoms with van der Waals surface area (Å²) in [5.41, 5.74) is 0.818. The van der Waals surface area contributed by atoms with Gasteiger partial charge in [-0.3, -0.25) is 4.79 Å². The molecule has 0 radical (unpaired) electrons. The summed E-state index contributed by atoms with van der Waals surface area (Å²) in [6, 6.07) is 7.26. The lowest BCUT2D eigenvalue weighted by molar-refractivity contribution is 0.443. The molecule has 4 nitrogen and oxygen atoms in total. The Labute approximate surface area is 103 Å². The Morgan fingerprint density at radius 3 is 2.88 bits per heavy atom. The monoisotopic (exact) mass is 250 g/mol. The van der Waals surface area contributed by atoms with Crippen LogP contribution in [0.5, 0.6) is 5.88 Å². The number of nitrogens with one attached hydrogen (secondary N) is 1. The van der Waals surface area contributed by atoms with Crippen molar-refractivity contribution in [1.29, 1.82) is 0 Å². The molecule has 0 aliphatic rings. The van der Waals surface area contributed by atoms with Gasteiger partial charge in [-0.25, -0.2) is 0 Å². The van der Waals surface area contributed by atoms with Crippen molar-refractivity contribution in [2.45, 2.75) is 13.3 Å². The third-order valence-corrected chi connectivity index (χ3v) is 2.67. The predicted octanol–water partition coefficient (Wildman–Crippen LogP) is 2.03. The van der Waals surface area contributed by atoms with Crippen LogP contribution < -0.4 is 5.56 Å². The van der Waals surface area contributed by atoms with Gasteiger partial charge in [-0.05, 0) is 24.6 Å². The van der Waals surface area contributed by atoms with Gasteiger partial charge in [0.15, 0.2) is 0 Å². The first-order valence-electron chi connectivity index (χ1n) is 5.09. The molecule has 0 fully saturated rings. The molecular formula is C12H11ClN2O2. The second-order valence-corrected chi connectivity index (χ2v) is 4.20. The highest BCUT2D eigenvalue weighted by atomic mass is 35.5. The molecule has 1 aromatic carbocycles. The Hall–Kier alpha value is -1.81. The lowest BCUT2D eigenvalue weighted by Crippen LogP contribution is -2.14. The molecule has 0 atom stereocenters. The van der Waals surface area contributed by atoms with Gasteiger partial charge in [0.2, 0.25) is 5.88 Å². The number of benzene rings is 1. The van der Waals surface area contributed by atoms with E-state index < -0.39 is 0 Å². The molecule has 88 valence electrons. The van der Waals surface area contributed by atoms with Gasteiger partial charge in [0, 0.05) is 11.4 Å². The summed E-state index contributed by atoms with van der Waals surface area (Å²) in [6.07, 6.45) is 0.420. The van der Waals surface area contributed by atoms with Crippen LogP contribution in [0.1, 0.15) is 17.0 Å². The smallest absolute Gasteiger partial charge is 0.257 e. The van der Waals surface area contributed by atoms with E-state index in [-0.39, 0.29) is 17.0 Å². The molecule has 0 bridgehead atoms. The zero-order valence-electron chi connectivity index (χ0n) is 9.20. The summed E-state index contributed by atoms with van der Waals surface area (Å²) in [5, 5.41) is 10.1. The fraction of sp³-hybridized carbons (Fsp3) is 0.167. The van der Waals surface area contributed by atoms with Crippen molar-refractivity contribution >= 4 is 11.6 Å². The van der Waals surface area contributed by atoms with Crippen LogP contribution in [0.25, 0.3) is 0 Å². The van der Waals surface area contributed by atoms with Gasteiger partial charge >= 0.3 is 0 Å². The average Bonchev–Trinajstić information content (AvgIpc) is 2.26. The van der Waals surface area contributed by atoms with E-state index in [0.29, 0.717) is 17.3 Å². The van der Waals surface area contributed by atoms with Gasteiger partial charge in [0.1, 0.15) is 5.82 Å². The highest BCUT2D eigenvalue weighted by molar-refractivity contribution is 6.30. The number of hydrogen-bond donors (Lipinski definition) is 2. The van der Waals surface area contributed by atoms with Crippen LogP contribution in [0.3, 0.4) is 0 Å². The lowest BCUT2D eigenvalue weighted by atomic mass is 10.1. The standard InChI is InChI=1S/C12H11ClN2O2/c1-7-11(16)14-10(15-12(7)17)6-8-3-2-4-9(13)5-8/h2-5H,6H2,1H3,(H2,14,15,16,17). The quantitative estimate of drug-likeness (QED) is 0.857. The molecule has 17 heavy (non-hydrogen) atoms. The number of halogens is 1. The molecule has 1 heterocycles. The van der Waals surface area contributed by atoms with Gasteiger partial charge in [0.25, 0.3) is 5.56 Å². The van der Waals surface area contributed by atoms with Crippen LogP contribution >= 0.6 is 11.6 Å². The van der Waals surface area contributed by atoms with E-state index in [9.17, 15) is 9.90 Å². The molecule has 1 aromatic heterocycles. The number of rotatable bonds is 2. The summed E-state index contributed by atoms with van der Waals surface area (Å²) in [4.78, 5) is 18.0. The number of aromatic nitrogens is 2. The Kier molecular flexibility index (Phi) is 3.15. The maximum atomic E-state index is 11.4. The van der Waals surface area contributed by atoms with E-state index in [0.717, 1.165) is 5.56 Å². The Morgan fingerprint density at radius 2 is 2.24 bits per heavy atom. The van der Waals surface area contributed by atoms with Crippen molar-refractivity contribution in [2.24, 2.45) is 0 Å². The third kappa shape index (κ3) is 2.65. The van der Waals surface area contributed by atoms with E-state index in [1.54, 1.807) is 12.1 Å². The largest absolute Gasteiger partial charge is 0.493 e. The molecule has 0 unspecified atom stereocenters. The Balaban J connectivity index is 2.34. The highest BCUT2D eigenvalue weighted by Crippen LogP contribution is 2.14. The van der Waals surface area contributed by atoms with Crippen molar-refractivity contribution in [1.82, 2.24) is 9.97 Å². The normalized spacial score (nSPS) is 10.5. The summed E-state index contributed by atoms with van der Waals surface area (Å²) in [6.45, 7) is 1.52. The second-order valence-electron chi connectivity index (χ2n) is 3.77. The van der Waals surface area contributed by atoms with Gasteiger partial charge < -0.3 is 10.1 Å². The summed E-state index contributed by atoms with van der Waals surface area (Å²) in [7, 11) is 0. The maximum absolute atomic E-state index is 11.4. The number of aromatic amines is 1. The van der Waals surface area contributed by atoms with Crippen molar-refractivity contribution in [3.05, 3.63) is 56.6 Å². The van der Waals surface area contributed by atoms with Crippen molar-refractivity contribution in [3.63, 3.8) is 0 Å². The minimum absolute atomic E-state index is 0.222. The van der Waals surface area contributed by atoms with E-state index >= 15 is 0 Å². The molecule has 0 spiro atoms. The second kappa shape index (κ2) is 4.59.